The minimum atomic E-state index is -0.740. The van der Waals surface area contributed by atoms with Crippen LogP contribution in [-0.4, -0.2) is 57.4 Å². The molecule has 8 heteroatoms. The lowest BCUT2D eigenvalue weighted by molar-refractivity contribution is -0.127. The summed E-state index contributed by atoms with van der Waals surface area (Å²) in [6, 6.07) is 9.45. The summed E-state index contributed by atoms with van der Waals surface area (Å²) in [6.07, 6.45) is 0.799. The maximum Gasteiger partial charge on any atom is 0.441 e. The first-order chi connectivity index (χ1) is 14.3. The number of piperidine rings is 1. The van der Waals surface area contributed by atoms with Crippen molar-refractivity contribution in [3.8, 4) is 11.4 Å². The van der Waals surface area contributed by atoms with E-state index in [2.05, 4.69) is 29.2 Å². The molecule has 0 spiro atoms. The van der Waals surface area contributed by atoms with Crippen LogP contribution in [0.2, 0.25) is 0 Å². The average molecular weight is 417 g/mol. The zero-order valence-electron chi connectivity index (χ0n) is 18.0. The summed E-state index contributed by atoms with van der Waals surface area (Å²) < 4.78 is 6.19. The van der Waals surface area contributed by atoms with Crippen molar-refractivity contribution in [3.63, 3.8) is 0 Å². The molecule has 8 nitrogen and oxygen atoms in total. The van der Waals surface area contributed by atoms with Gasteiger partial charge in [0.05, 0.1) is 12.6 Å². The molecule has 2 N–H and O–H groups in total. The van der Waals surface area contributed by atoms with E-state index in [4.69, 9.17) is 4.52 Å². The number of rotatable bonds is 8. The molecule has 164 valence electrons. The lowest BCUT2D eigenvalue weighted by Gasteiger charge is -2.33. The van der Waals surface area contributed by atoms with Crippen molar-refractivity contribution >= 4 is 5.91 Å². The average Bonchev–Trinajstić information content (AvgIpc) is 3.09. The highest BCUT2D eigenvalue weighted by atomic mass is 16.5. The van der Waals surface area contributed by atoms with Gasteiger partial charge in [0, 0.05) is 24.1 Å². The summed E-state index contributed by atoms with van der Waals surface area (Å²) in [4.78, 5) is 26.6. The molecule has 2 atom stereocenters. The first kappa shape index (κ1) is 22.2. The number of likely N-dealkylation sites (tertiary alicyclic amines) is 1. The van der Waals surface area contributed by atoms with Gasteiger partial charge in [0.1, 0.15) is 0 Å². The maximum atomic E-state index is 12.4. The highest BCUT2D eigenvalue weighted by molar-refractivity contribution is 5.79. The van der Waals surface area contributed by atoms with Gasteiger partial charge < -0.3 is 15.3 Å². The lowest BCUT2D eigenvalue weighted by Crippen LogP contribution is -2.46. The molecule has 1 aromatic heterocycles. The van der Waals surface area contributed by atoms with Crippen molar-refractivity contribution in [2.75, 3.05) is 19.6 Å². The van der Waals surface area contributed by atoms with Crippen molar-refractivity contribution in [2.45, 2.75) is 52.3 Å². The van der Waals surface area contributed by atoms with Crippen LogP contribution in [0.3, 0.4) is 0 Å². The number of aromatic nitrogens is 2. The summed E-state index contributed by atoms with van der Waals surface area (Å²) in [5.74, 6) is 0.382. The molecule has 1 saturated heterocycles. The van der Waals surface area contributed by atoms with Crippen LogP contribution in [0.5, 0.6) is 0 Å². The Bertz CT molecular complexity index is 869. The molecular weight excluding hydrogens is 384 g/mol. The summed E-state index contributed by atoms with van der Waals surface area (Å²) in [5.41, 5.74) is 0.762. The predicted molar refractivity (Wildman–Crippen MR) is 114 cm³/mol. The fourth-order valence-corrected chi connectivity index (χ4v) is 3.68. The number of benzene rings is 1. The van der Waals surface area contributed by atoms with Crippen molar-refractivity contribution in [1.82, 2.24) is 19.9 Å². The van der Waals surface area contributed by atoms with E-state index in [0.29, 0.717) is 18.3 Å². The molecule has 0 saturated carbocycles. The third kappa shape index (κ3) is 5.58. The SMILES string of the molecule is CC(C)C(C)NC(=O)C1CCN(CC(O)Cn2c(-c3ccccc3)noc2=O)CC1. The number of carbonyl (C=O) groups is 1. The van der Waals surface area contributed by atoms with Crippen molar-refractivity contribution in [3.05, 3.63) is 40.9 Å². The van der Waals surface area contributed by atoms with Crippen molar-refractivity contribution in [2.24, 2.45) is 11.8 Å². The third-order valence-electron chi connectivity index (χ3n) is 5.91. The normalized spacial score (nSPS) is 17.8. The van der Waals surface area contributed by atoms with E-state index < -0.39 is 11.9 Å². The topological polar surface area (TPSA) is 101 Å². The quantitative estimate of drug-likeness (QED) is 0.680. The Balaban J connectivity index is 1.52. The van der Waals surface area contributed by atoms with Crippen LogP contribution in [-0.2, 0) is 11.3 Å². The number of nitrogens with one attached hydrogen (secondary N) is 1. The van der Waals surface area contributed by atoms with Crippen LogP contribution < -0.4 is 11.1 Å². The number of nitrogens with zero attached hydrogens (tertiary/aromatic N) is 3. The van der Waals surface area contributed by atoms with Gasteiger partial charge in [-0.05, 0) is 38.8 Å². The highest BCUT2D eigenvalue weighted by Gasteiger charge is 2.27. The van der Waals surface area contributed by atoms with Crippen LogP contribution in [0, 0.1) is 11.8 Å². The van der Waals surface area contributed by atoms with E-state index >= 15 is 0 Å². The molecule has 1 fully saturated rings. The van der Waals surface area contributed by atoms with Gasteiger partial charge in [-0.3, -0.25) is 13.9 Å². The van der Waals surface area contributed by atoms with E-state index in [9.17, 15) is 14.7 Å². The van der Waals surface area contributed by atoms with Gasteiger partial charge >= 0.3 is 5.76 Å². The second kappa shape index (κ2) is 10.0. The summed E-state index contributed by atoms with van der Waals surface area (Å²) in [6.45, 7) is 8.26. The molecule has 1 aliphatic rings. The van der Waals surface area contributed by atoms with Crippen molar-refractivity contribution < 1.29 is 14.4 Å². The Kier molecular flexibility index (Phi) is 7.44. The van der Waals surface area contributed by atoms with Crippen LogP contribution in [0.1, 0.15) is 33.6 Å². The fourth-order valence-electron chi connectivity index (χ4n) is 3.68. The van der Waals surface area contributed by atoms with E-state index in [1.54, 1.807) is 0 Å². The van der Waals surface area contributed by atoms with Crippen molar-refractivity contribution in [1.29, 1.82) is 0 Å². The number of carbonyl (C=O) groups excluding carboxylic acids is 1. The number of aliphatic hydroxyl groups excluding tert-OH is 1. The summed E-state index contributed by atoms with van der Waals surface area (Å²) in [7, 11) is 0. The second-order valence-corrected chi connectivity index (χ2v) is 8.52. The van der Waals surface area contributed by atoms with Gasteiger partial charge in [0.25, 0.3) is 0 Å². The number of amides is 1. The number of hydrogen-bond donors (Lipinski definition) is 2. The van der Waals surface area contributed by atoms with Crippen LogP contribution in [0.15, 0.2) is 39.6 Å². The Hall–Kier alpha value is -2.45. The molecule has 1 amide bonds. The van der Waals surface area contributed by atoms with E-state index in [-0.39, 0.29) is 24.4 Å². The maximum absolute atomic E-state index is 12.4. The molecule has 30 heavy (non-hydrogen) atoms. The molecule has 0 bridgehead atoms. The van der Waals surface area contributed by atoms with Crippen LogP contribution in [0.25, 0.3) is 11.4 Å². The smallest absolute Gasteiger partial charge is 0.390 e. The molecular formula is C22H32N4O4. The van der Waals surface area contributed by atoms with Gasteiger partial charge in [0.2, 0.25) is 5.91 Å². The Morgan fingerprint density at radius 3 is 2.50 bits per heavy atom. The van der Waals surface area contributed by atoms with Gasteiger partial charge in [-0.15, -0.1) is 0 Å². The molecule has 3 rings (SSSR count). The van der Waals surface area contributed by atoms with Gasteiger partial charge in [0.15, 0.2) is 5.82 Å². The molecule has 1 aromatic carbocycles. The predicted octanol–water partition coefficient (Wildman–Crippen LogP) is 1.74. The number of aliphatic hydroxyl groups is 1. The van der Waals surface area contributed by atoms with Crippen LogP contribution in [0.4, 0.5) is 0 Å². The van der Waals surface area contributed by atoms with E-state index in [1.165, 1.54) is 4.57 Å². The largest absolute Gasteiger partial charge is 0.441 e. The third-order valence-corrected chi connectivity index (χ3v) is 5.91. The Morgan fingerprint density at radius 2 is 1.87 bits per heavy atom. The number of β-amino-alcohol motifs (C(OH)–C–C–N with tert-alkyl or cyclic N) is 1. The molecule has 2 unspecified atom stereocenters. The minimum absolute atomic E-state index is 0.0185. The summed E-state index contributed by atoms with van der Waals surface area (Å²) in [5, 5.41) is 17.5. The molecule has 1 aliphatic heterocycles. The van der Waals surface area contributed by atoms with Crippen LogP contribution >= 0.6 is 0 Å². The van der Waals surface area contributed by atoms with E-state index in [1.807, 2.05) is 37.3 Å². The summed E-state index contributed by atoms with van der Waals surface area (Å²) >= 11 is 0. The molecule has 2 aromatic rings. The molecule has 0 radical (unpaired) electrons. The zero-order chi connectivity index (χ0) is 21.7. The second-order valence-electron chi connectivity index (χ2n) is 8.52. The molecule has 0 aliphatic carbocycles. The number of hydrogen-bond acceptors (Lipinski definition) is 6. The Labute approximate surface area is 176 Å². The standard InChI is InChI=1S/C22H32N4O4/c1-15(2)16(3)23-21(28)18-9-11-25(12-10-18)13-19(27)14-26-20(24-30-22(26)29)17-7-5-4-6-8-17/h4-8,15-16,18-19,27H,9-14H2,1-3H3,(H,23,28). The first-order valence-corrected chi connectivity index (χ1v) is 10.7. The monoisotopic (exact) mass is 416 g/mol. The minimum Gasteiger partial charge on any atom is -0.390 e. The highest BCUT2D eigenvalue weighted by Crippen LogP contribution is 2.19. The Morgan fingerprint density at radius 1 is 1.20 bits per heavy atom. The van der Waals surface area contributed by atoms with Gasteiger partial charge in [-0.2, -0.15) is 0 Å². The first-order valence-electron chi connectivity index (χ1n) is 10.7. The van der Waals surface area contributed by atoms with Gasteiger partial charge in [-0.1, -0.05) is 49.3 Å². The van der Waals surface area contributed by atoms with E-state index in [0.717, 1.165) is 31.5 Å². The molecule has 2 heterocycles. The van der Waals surface area contributed by atoms with Gasteiger partial charge in [-0.25, -0.2) is 4.79 Å². The fraction of sp³-hybridized carbons (Fsp3) is 0.591. The lowest BCUT2D eigenvalue weighted by atomic mass is 9.94. The zero-order valence-corrected chi connectivity index (χ0v) is 18.0.